The van der Waals surface area contributed by atoms with E-state index in [-0.39, 0.29) is 22.8 Å². The molecule has 28 heavy (non-hydrogen) atoms. The van der Waals surface area contributed by atoms with E-state index in [1.54, 1.807) is 12.1 Å². The fraction of sp³-hybridized carbons (Fsp3) is 0.0526. The predicted molar refractivity (Wildman–Crippen MR) is 102 cm³/mol. The van der Waals surface area contributed by atoms with Crippen molar-refractivity contribution in [2.24, 2.45) is 0 Å². The van der Waals surface area contributed by atoms with Gasteiger partial charge in [-0.1, -0.05) is 6.07 Å². The van der Waals surface area contributed by atoms with Gasteiger partial charge in [0.05, 0.1) is 18.4 Å². The van der Waals surface area contributed by atoms with E-state index in [4.69, 9.17) is 9.84 Å². The van der Waals surface area contributed by atoms with Crippen LogP contribution in [-0.2, 0) is 10.9 Å². The summed E-state index contributed by atoms with van der Waals surface area (Å²) in [5, 5.41) is 9.11. The Hall–Kier alpha value is -3.46. The summed E-state index contributed by atoms with van der Waals surface area (Å²) in [6.07, 6.45) is 0. The van der Waals surface area contributed by atoms with E-state index < -0.39 is 22.7 Å². The Morgan fingerprint density at radius 2 is 1.82 bits per heavy atom. The van der Waals surface area contributed by atoms with Crippen molar-refractivity contribution in [3.63, 3.8) is 0 Å². The molecule has 0 saturated carbocycles. The number of carboxylic acid groups (broad SMARTS) is 1. The molecule has 3 aromatic rings. The molecule has 3 rings (SSSR count). The van der Waals surface area contributed by atoms with Crippen LogP contribution in [0, 0.1) is 5.82 Å². The summed E-state index contributed by atoms with van der Waals surface area (Å²) >= 11 is 0. The van der Waals surface area contributed by atoms with Gasteiger partial charge in [-0.15, -0.1) is 0 Å². The molecule has 144 valence electrons. The topological polar surface area (TPSA) is 96.8 Å². The number of anilines is 2. The number of carbonyl (C=O) groups is 1. The third-order valence-electron chi connectivity index (χ3n) is 3.91. The Kier molecular flexibility index (Phi) is 5.55. The Morgan fingerprint density at radius 1 is 1.11 bits per heavy atom. The van der Waals surface area contributed by atoms with Crippen LogP contribution in [0.15, 0.2) is 60.7 Å². The van der Waals surface area contributed by atoms with E-state index in [2.05, 4.69) is 4.98 Å². The van der Waals surface area contributed by atoms with Crippen LogP contribution in [0.1, 0.15) is 10.4 Å². The van der Waals surface area contributed by atoms with Crippen molar-refractivity contribution in [3.8, 4) is 17.0 Å². The van der Waals surface area contributed by atoms with Crippen LogP contribution >= 0.6 is 0 Å². The second kappa shape index (κ2) is 8.05. The number of hydrogen-bond acceptors (Lipinski definition) is 5. The van der Waals surface area contributed by atoms with Gasteiger partial charge in [0.1, 0.15) is 23.1 Å². The van der Waals surface area contributed by atoms with Crippen molar-refractivity contribution in [3.05, 3.63) is 72.0 Å². The number of benzene rings is 2. The molecule has 1 aromatic heterocycles. The lowest BCUT2D eigenvalue weighted by Gasteiger charge is -2.20. The van der Waals surface area contributed by atoms with Gasteiger partial charge in [-0.25, -0.2) is 26.9 Å². The molecule has 0 fully saturated rings. The average Bonchev–Trinajstić information content (AvgIpc) is 2.68. The van der Waals surface area contributed by atoms with E-state index in [1.165, 1.54) is 55.6 Å². The van der Waals surface area contributed by atoms with Gasteiger partial charge in [-0.3, -0.25) is 0 Å². The first-order valence-electron chi connectivity index (χ1n) is 7.99. The van der Waals surface area contributed by atoms with Gasteiger partial charge in [-0.2, -0.15) is 0 Å². The molecule has 0 aliphatic rings. The molecular formula is C19H15FN2O5S. The van der Waals surface area contributed by atoms with Crippen LogP contribution < -0.4 is 9.04 Å². The van der Waals surface area contributed by atoms with Gasteiger partial charge in [0.2, 0.25) is 10.9 Å². The number of ether oxygens (including phenoxy) is 1. The van der Waals surface area contributed by atoms with Gasteiger partial charge in [-0.05, 0) is 54.6 Å². The van der Waals surface area contributed by atoms with Crippen LogP contribution in [0.3, 0.4) is 0 Å². The number of methoxy groups -OCH3 is 1. The third kappa shape index (κ3) is 3.94. The van der Waals surface area contributed by atoms with E-state index in [0.29, 0.717) is 11.3 Å². The van der Waals surface area contributed by atoms with E-state index >= 15 is 0 Å². The van der Waals surface area contributed by atoms with Crippen LogP contribution in [0.25, 0.3) is 11.3 Å². The lowest BCUT2D eigenvalue weighted by Crippen LogP contribution is -2.17. The number of thiol groups is 1. The van der Waals surface area contributed by atoms with E-state index in [9.17, 15) is 17.6 Å². The SMILES string of the molecule is COc1cc(C(=O)O)ccc1N(c1cccc(-c2ccc(F)cc2)n1)[SH](=O)=O. The van der Waals surface area contributed by atoms with Crippen molar-refractivity contribution in [2.45, 2.75) is 0 Å². The van der Waals surface area contributed by atoms with Gasteiger partial charge in [0.15, 0.2) is 0 Å². The molecule has 0 aliphatic heterocycles. The summed E-state index contributed by atoms with van der Waals surface area (Å²) in [4.78, 5) is 15.5. The van der Waals surface area contributed by atoms with Crippen molar-refractivity contribution in [1.29, 1.82) is 0 Å². The zero-order valence-corrected chi connectivity index (χ0v) is 15.5. The maximum atomic E-state index is 13.1. The molecule has 0 amide bonds. The quantitative estimate of drug-likeness (QED) is 0.615. The van der Waals surface area contributed by atoms with Crippen molar-refractivity contribution < 1.29 is 27.4 Å². The number of aromatic carboxylic acids is 1. The molecule has 9 heteroatoms. The third-order valence-corrected chi connectivity index (χ3v) is 4.66. The molecule has 7 nitrogen and oxygen atoms in total. The predicted octanol–water partition coefficient (Wildman–Crippen LogP) is 3.26. The first-order valence-corrected chi connectivity index (χ1v) is 9.12. The van der Waals surface area contributed by atoms with E-state index in [1.807, 2.05) is 0 Å². The molecule has 0 atom stereocenters. The summed E-state index contributed by atoms with van der Waals surface area (Å²) in [7, 11) is -1.86. The Balaban J connectivity index is 2.10. The highest BCUT2D eigenvalue weighted by Crippen LogP contribution is 2.34. The maximum Gasteiger partial charge on any atom is 0.335 e. The Labute approximate surface area is 161 Å². The largest absolute Gasteiger partial charge is 0.495 e. The second-order valence-electron chi connectivity index (χ2n) is 5.63. The fourth-order valence-electron chi connectivity index (χ4n) is 2.60. The summed E-state index contributed by atoms with van der Waals surface area (Å²) in [6.45, 7) is 0. The molecule has 0 spiro atoms. The van der Waals surface area contributed by atoms with Crippen molar-refractivity contribution in [2.75, 3.05) is 11.4 Å². The normalized spacial score (nSPS) is 10.7. The van der Waals surface area contributed by atoms with Crippen LogP contribution in [0.4, 0.5) is 15.9 Å². The first-order chi connectivity index (χ1) is 13.4. The lowest BCUT2D eigenvalue weighted by atomic mass is 10.1. The smallest absolute Gasteiger partial charge is 0.335 e. The molecule has 0 saturated heterocycles. The number of carboxylic acids is 1. The number of hydrogen-bond donors (Lipinski definition) is 2. The molecule has 2 aromatic carbocycles. The fourth-order valence-corrected chi connectivity index (χ4v) is 3.22. The zero-order valence-electron chi connectivity index (χ0n) is 14.6. The first kappa shape index (κ1) is 19.3. The van der Waals surface area contributed by atoms with Gasteiger partial charge in [0, 0.05) is 5.56 Å². The van der Waals surface area contributed by atoms with Gasteiger partial charge >= 0.3 is 5.97 Å². The van der Waals surface area contributed by atoms with Gasteiger partial charge in [0.25, 0.3) is 0 Å². The number of rotatable bonds is 6. The highest BCUT2D eigenvalue weighted by Gasteiger charge is 2.20. The molecule has 0 radical (unpaired) electrons. The summed E-state index contributed by atoms with van der Waals surface area (Å²) in [6, 6.07) is 14.2. The number of pyridine rings is 1. The summed E-state index contributed by atoms with van der Waals surface area (Å²) < 4.78 is 43.2. The van der Waals surface area contributed by atoms with Crippen molar-refractivity contribution >= 4 is 28.4 Å². The molecular weight excluding hydrogens is 387 g/mol. The van der Waals surface area contributed by atoms with Crippen LogP contribution in [0.5, 0.6) is 5.75 Å². The van der Waals surface area contributed by atoms with Gasteiger partial charge < -0.3 is 9.84 Å². The standard InChI is InChI=1S/C19H15FN2O5S/c1-27-17-11-13(19(23)24)7-10-16(17)22(28(25)26)18-4-2-3-15(21-18)12-5-8-14(20)9-6-12/h2-11,28H,1H3,(H,23,24). The monoisotopic (exact) mass is 402 g/mol. The lowest BCUT2D eigenvalue weighted by molar-refractivity contribution is 0.0696. The molecule has 0 aliphatic carbocycles. The minimum absolute atomic E-state index is 0.0466. The number of aromatic nitrogens is 1. The molecule has 0 unspecified atom stereocenters. The molecule has 1 N–H and O–H groups in total. The molecule has 1 heterocycles. The Bertz CT molecular complexity index is 1090. The highest BCUT2D eigenvalue weighted by molar-refractivity contribution is 7.74. The minimum Gasteiger partial charge on any atom is -0.495 e. The second-order valence-corrected chi connectivity index (χ2v) is 6.51. The van der Waals surface area contributed by atoms with Crippen LogP contribution in [-0.4, -0.2) is 31.6 Å². The maximum absolute atomic E-state index is 13.1. The average molecular weight is 402 g/mol. The summed E-state index contributed by atoms with van der Waals surface area (Å²) in [5.74, 6) is -1.42. The zero-order chi connectivity index (χ0) is 20.3. The molecule has 0 bridgehead atoms. The van der Waals surface area contributed by atoms with E-state index in [0.717, 1.165) is 4.31 Å². The Morgan fingerprint density at radius 3 is 2.43 bits per heavy atom. The highest BCUT2D eigenvalue weighted by atomic mass is 32.2. The summed E-state index contributed by atoms with van der Waals surface area (Å²) in [5.41, 5.74) is 1.13. The van der Waals surface area contributed by atoms with Crippen molar-refractivity contribution in [1.82, 2.24) is 4.98 Å². The number of halogens is 1. The number of nitrogens with zero attached hydrogens (tertiary/aromatic N) is 2. The minimum atomic E-state index is -3.17. The van der Waals surface area contributed by atoms with Crippen LogP contribution in [0.2, 0.25) is 0 Å².